The van der Waals surface area contributed by atoms with Gasteiger partial charge in [0.2, 0.25) is 0 Å². The van der Waals surface area contributed by atoms with Gasteiger partial charge in [-0.2, -0.15) is 0 Å². The first-order valence-electron chi connectivity index (χ1n) is 6.40. The summed E-state index contributed by atoms with van der Waals surface area (Å²) in [6.45, 7) is 0.0938. The summed E-state index contributed by atoms with van der Waals surface area (Å²) >= 11 is 0. The van der Waals surface area contributed by atoms with Crippen molar-refractivity contribution >= 4 is 21.6 Å². The summed E-state index contributed by atoms with van der Waals surface area (Å²) < 4.78 is 27.3. The highest BCUT2D eigenvalue weighted by Crippen LogP contribution is 2.20. The van der Waals surface area contributed by atoms with E-state index in [4.69, 9.17) is 4.74 Å². The van der Waals surface area contributed by atoms with Crippen LogP contribution in [0.3, 0.4) is 0 Å². The van der Waals surface area contributed by atoms with Crippen LogP contribution in [0.4, 0.5) is 10.5 Å². The zero-order valence-corrected chi connectivity index (χ0v) is 12.1. The second-order valence-corrected chi connectivity index (χ2v) is 7.14. The summed E-state index contributed by atoms with van der Waals surface area (Å²) in [4.78, 5) is 11.6. The highest BCUT2D eigenvalue weighted by atomic mass is 32.2. The van der Waals surface area contributed by atoms with Gasteiger partial charge in [0.15, 0.2) is 9.84 Å². The molecule has 0 bridgehead atoms. The largest absolute Gasteiger partial charge is 0.492 e. The van der Waals surface area contributed by atoms with Gasteiger partial charge in [0, 0.05) is 24.1 Å². The first-order chi connectivity index (χ1) is 9.42. The van der Waals surface area contributed by atoms with Crippen molar-refractivity contribution in [2.75, 3.05) is 23.9 Å². The zero-order chi connectivity index (χ0) is 14.6. The maximum atomic E-state index is 11.6. The number of carbonyl (C=O) groups is 1. The van der Waals surface area contributed by atoms with Crippen molar-refractivity contribution in [3.05, 3.63) is 24.3 Å². The number of urea groups is 1. The van der Waals surface area contributed by atoms with Gasteiger partial charge in [-0.05, 0) is 25.0 Å². The molecule has 1 aliphatic rings. The van der Waals surface area contributed by atoms with E-state index in [1.807, 2.05) is 0 Å². The molecule has 2 rings (SSSR count). The Morgan fingerprint density at radius 1 is 1.40 bits per heavy atom. The van der Waals surface area contributed by atoms with Gasteiger partial charge < -0.3 is 15.4 Å². The van der Waals surface area contributed by atoms with Gasteiger partial charge in [0.1, 0.15) is 12.4 Å². The van der Waals surface area contributed by atoms with Crippen LogP contribution in [0.1, 0.15) is 12.8 Å². The SMILES string of the molecule is CS(=O)(=O)CCOc1cccc(NC(=O)NC2CC2)c1. The van der Waals surface area contributed by atoms with Gasteiger partial charge in [0.05, 0.1) is 5.75 Å². The summed E-state index contributed by atoms with van der Waals surface area (Å²) in [6.07, 6.45) is 3.22. The van der Waals surface area contributed by atoms with Crippen LogP contribution in [-0.2, 0) is 9.84 Å². The predicted octanol–water partition coefficient (Wildman–Crippen LogP) is 1.39. The van der Waals surface area contributed by atoms with Crippen molar-refractivity contribution in [3.8, 4) is 5.75 Å². The first-order valence-corrected chi connectivity index (χ1v) is 8.46. The van der Waals surface area contributed by atoms with E-state index < -0.39 is 9.84 Å². The van der Waals surface area contributed by atoms with Crippen LogP contribution in [0, 0.1) is 0 Å². The molecule has 2 amide bonds. The molecule has 0 aromatic heterocycles. The Labute approximate surface area is 118 Å². The molecule has 0 atom stereocenters. The van der Waals surface area contributed by atoms with Gasteiger partial charge in [-0.15, -0.1) is 0 Å². The van der Waals surface area contributed by atoms with Gasteiger partial charge in [0.25, 0.3) is 0 Å². The fraction of sp³-hybridized carbons (Fsp3) is 0.462. The third-order valence-corrected chi connectivity index (χ3v) is 3.64. The lowest BCUT2D eigenvalue weighted by Crippen LogP contribution is -2.30. The molecular formula is C13H18N2O4S. The maximum Gasteiger partial charge on any atom is 0.319 e. The van der Waals surface area contributed by atoms with Crippen LogP contribution in [-0.4, -0.2) is 39.1 Å². The van der Waals surface area contributed by atoms with Crippen LogP contribution in [0.5, 0.6) is 5.75 Å². The Morgan fingerprint density at radius 3 is 2.80 bits per heavy atom. The average molecular weight is 298 g/mol. The highest BCUT2D eigenvalue weighted by molar-refractivity contribution is 7.90. The molecule has 1 aromatic carbocycles. The number of carbonyl (C=O) groups excluding carboxylic acids is 1. The summed E-state index contributed by atoms with van der Waals surface area (Å²) in [6, 6.07) is 6.92. The molecule has 0 radical (unpaired) electrons. The number of rotatable bonds is 6. The van der Waals surface area contributed by atoms with E-state index in [-0.39, 0.29) is 18.4 Å². The van der Waals surface area contributed by atoms with E-state index in [2.05, 4.69) is 10.6 Å². The monoisotopic (exact) mass is 298 g/mol. The molecule has 0 saturated heterocycles. The molecule has 6 nitrogen and oxygen atoms in total. The Kier molecular flexibility index (Phi) is 4.49. The lowest BCUT2D eigenvalue weighted by Gasteiger charge is -2.09. The number of hydrogen-bond donors (Lipinski definition) is 2. The normalized spacial score (nSPS) is 14.7. The van der Waals surface area contributed by atoms with Gasteiger partial charge in [-0.3, -0.25) is 0 Å². The standard InChI is InChI=1S/C13H18N2O4S/c1-20(17,18)8-7-19-12-4-2-3-11(9-12)15-13(16)14-10-5-6-10/h2-4,9-10H,5-8H2,1H3,(H2,14,15,16). The summed E-state index contributed by atoms with van der Waals surface area (Å²) in [7, 11) is -3.03. The number of nitrogens with one attached hydrogen (secondary N) is 2. The molecule has 1 aromatic rings. The van der Waals surface area contributed by atoms with Crippen LogP contribution >= 0.6 is 0 Å². The lowest BCUT2D eigenvalue weighted by atomic mass is 10.3. The minimum atomic E-state index is -3.03. The minimum absolute atomic E-state index is 0.0349. The molecule has 0 aliphatic heterocycles. The number of sulfone groups is 1. The Morgan fingerprint density at radius 2 is 2.15 bits per heavy atom. The Balaban J connectivity index is 1.84. The van der Waals surface area contributed by atoms with E-state index >= 15 is 0 Å². The lowest BCUT2D eigenvalue weighted by molar-refractivity contribution is 0.251. The fourth-order valence-electron chi connectivity index (χ4n) is 1.55. The molecule has 7 heteroatoms. The van der Waals surface area contributed by atoms with Crippen LogP contribution in [0.15, 0.2) is 24.3 Å². The first kappa shape index (κ1) is 14.6. The number of ether oxygens (including phenoxy) is 1. The average Bonchev–Trinajstić information content (AvgIpc) is 3.11. The van der Waals surface area contributed by atoms with E-state index in [0.29, 0.717) is 17.5 Å². The van der Waals surface area contributed by atoms with Crippen molar-refractivity contribution in [1.82, 2.24) is 5.32 Å². The second kappa shape index (κ2) is 6.13. The molecule has 110 valence electrons. The molecule has 1 aliphatic carbocycles. The Hall–Kier alpha value is -1.76. The molecule has 20 heavy (non-hydrogen) atoms. The third-order valence-electron chi connectivity index (χ3n) is 2.73. The summed E-state index contributed by atoms with van der Waals surface area (Å²) in [5.41, 5.74) is 0.611. The van der Waals surface area contributed by atoms with Gasteiger partial charge >= 0.3 is 6.03 Å². The number of benzene rings is 1. The smallest absolute Gasteiger partial charge is 0.319 e. The summed E-state index contributed by atoms with van der Waals surface area (Å²) in [5, 5.41) is 5.53. The van der Waals surface area contributed by atoms with Crippen molar-refractivity contribution in [3.63, 3.8) is 0 Å². The summed E-state index contributed by atoms with van der Waals surface area (Å²) in [5.74, 6) is 0.491. The number of amides is 2. The van der Waals surface area contributed by atoms with Crippen molar-refractivity contribution in [2.24, 2.45) is 0 Å². The quantitative estimate of drug-likeness (QED) is 0.831. The molecule has 1 fully saturated rings. The van der Waals surface area contributed by atoms with Crippen LogP contribution in [0.25, 0.3) is 0 Å². The van der Waals surface area contributed by atoms with Crippen molar-refractivity contribution in [2.45, 2.75) is 18.9 Å². The van der Waals surface area contributed by atoms with Gasteiger partial charge in [-0.1, -0.05) is 6.07 Å². The van der Waals surface area contributed by atoms with E-state index in [1.165, 1.54) is 0 Å². The van der Waals surface area contributed by atoms with Crippen LogP contribution in [0.2, 0.25) is 0 Å². The van der Waals surface area contributed by atoms with E-state index in [1.54, 1.807) is 24.3 Å². The highest BCUT2D eigenvalue weighted by Gasteiger charge is 2.23. The van der Waals surface area contributed by atoms with Crippen molar-refractivity contribution < 1.29 is 17.9 Å². The minimum Gasteiger partial charge on any atom is -0.492 e. The maximum absolute atomic E-state index is 11.6. The number of hydrogen-bond acceptors (Lipinski definition) is 4. The topological polar surface area (TPSA) is 84.5 Å². The Bertz CT molecular complexity index is 582. The van der Waals surface area contributed by atoms with E-state index in [0.717, 1.165) is 19.1 Å². The molecule has 2 N–H and O–H groups in total. The van der Waals surface area contributed by atoms with E-state index in [9.17, 15) is 13.2 Å². The number of anilines is 1. The van der Waals surface area contributed by atoms with Gasteiger partial charge in [-0.25, -0.2) is 13.2 Å². The zero-order valence-electron chi connectivity index (χ0n) is 11.3. The predicted molar refractivity (Wildman–Crippen MR) is 76.8 cm³/mol. The third kappa shape index (κ3) is 5.48. The molecule has 0 unspecified atom stereocenters. The van der Waals surface area contributed by atoms with Crippen molar-refractivity contribution in [1.29, 1.82) is 0 Å². The fourth-order valence-corrected chi connectivity index (χ4v) is 1.94. The molecule has 0 heterocycles. The molecule has 0 spiro atoms. The van der Waals surface area contributed by atoms with Crippen LogP contribution < -0.4 is 15.4 Å². The molecular weight excluding hydrogens is 280 g/mol. The second-order valence-electron chi connectivity index (χ2n) is 4.88. The molecule has 1 saturated carbocycles.